The number of hydrogen-bond acceptors (Lipinski definition) is 5. The fraction of sp³-hybridized carbons (Fsp3) is 0.261. The summed E-state index contributed by atoms with van der Waals surface area (Å²) in [5.41, 5.74) is 2.08. The minimum Gasteiger partial charge on any atom is -0.325 e. The molecule has 0 spiro atoms. The highest BCUT2D eigenvalue weighted by Gasteiger charge is 2.31. The normalized spacial score (nSPS) is 13.1. The Morgan fingerprint density at radius 3 is 2.73 bits per heavy atom. The number of nitrogens with zero attached hydrogens (tertiary/aromatic N) is 2. The van der Waals surface area contributed by atoms with Crippen molar-refractivity contribution in [3.8, 4) is 5.69 Å². The van der Waals surface area contributed by atoms with Crippen molar-refractivity contribution in [1.29, 1.82) is 0 Å². The Morgan fingerprint density at radius 1 is 1.21 bits per heavy atom. The summed E-state index contributed by atoms with van der Waals surface area (Å²) in [6.07, 6.45) is -3.95. The van der Waals surface area contributed by atoms with Gasteiger partial charge in [0.05, 0.1) is 27.6 Å². The van der Waals surface area contributed by atoms with Gasteiger partial charge < -0.3 is 5.32 Å². The number of amides is 1. The lowest BCUT2D eigenvalue weighted by Gasteiger charge is -2.15. The number of halogens is 3. The Labute approximate surface area is 196 Å². The van der Waals surface area contributed by atoms with Crippen molar-refractivity contribution in [3.05, 3.63) is 75.2 Å². The summed E-state index contributed by atoms with van der Waals surface area (Å²) in [6.45, 7) is 3.85. The van der Waals surface area contributed by atoms with Crippen LogP contribution >= 0.6 is 23.5 Å². The summed E-state index contributed by atoms with van der Waals surface area (Å²) in [6, 6.07) is 10.2. The van der Waals surface area contributed by atoms with E-state index >= 15 is 0 Å². The van der Waals surface area contributed by atoms with Gasteiger partial charge in [-0.1, -0.05) is 35.5 Å². The van der Waals surface area contributed by atoms with Crippen molar-refractivity contribution < 1.29 is 18.0 Å². The average Bonchev–Trinajstić information content (AvgIpc) is 3.23. The van der Waals surface area contributed by atoms with E-state index in [4.69, 9.17) is 0 Å². The lowest BCUT2D eigenvalue weighted by atomic mass is 10.1. The van der Waals surface area contributed by atoms with Gasteiger partial charge in [-0.3, -0.25) is 14.2 Å². The summed E-state index contributed by atoms with van der Waals surface area (Å²) in [5, 5.41) is 3.03. The summed E-state index contributed by atoms with van der Waals surface area (Å²) < 4.78 is 40.9. The van der Waals surface area contributed by atoms with Crippen LogP contribution in [-0.4, -0.2) is 27.0 Å². The Balaban J connectivity index is 1.65. The number of carbonyl (C=O) groups is 1. The van der Waals surface area contributed by atoms with Crippen LogP contribution in [0.4, 0.5) is 18.9 Å². The third-order valence-electron chi connectivity index (χ3n) is 5.09. The summed E-state index contributed by atoms with van der Waals surface area (Å²) >= 11 is 2.37. The van der Waals surface area contributed by atoms with Crippen LogP contribution in [0.1, 0.15) is 22.4 Å². The lowest BCUT2D eigenvalue weighted by molar-refractivity contribution is -0.137. The minimum atomic E-state index is -4.54. The van der Waals surface area contributed by atoms with Crippen LogP contribution in [0, 0.1) is 13.8 Å². The molecule has 33 heavy (non-hydrogen) atoms. The zero-order valence-corrected chi connectivity index (χ0v) is 19.5. The molecule has 172 valence electrons. The number of aromatic nitrogens is 2. The second-order valence-corrected chi connectivity index (χ2v) is 9.66. The fourth-order valence-electron chi connectivity index (χ4n) is 3.51. The predicted molar refractivity (Wildman–Crippen MR) is 125 cm³/mol. The number of rotatable bonds is 5. The van der Waals surface area contributed by atoms with Gasteiger partial charge in [0.15, 0.2) is 5.16 Å². The van der Waals surface area contributed by atoms with Crippen molar-refractivity contribution in [3.63, 3.8) is 0 Å². The third-order valence-corrected chi connectivity index (χ3v) is 7.13. The first-order valence-electron chi connectivity index (χ1n) is 10.1. The lowest BCUT2D eigenvalue weighted by Crippen LogP contribution is -2.25. The Morgan fingerprint density at radius 2 is 2.00 bits per heavy atom. The molecule has 3 aromatic rings. The van der Waals surface area contributed by atoms with E-state index in [2.05, 4.69) is 10.3 Å². The predicted octanol–water partition coefficient (Wildman–Crippen LogP) is 5.25. The molecule has 2 aromatic carbocycles. The number of hydrogen-bond donors (Lipinski definition) is 1. The van der Waals surface area contributed by atoms with Gasteiger partial charge in [-0.2, -0.15) is 13.2 Å². The summed E-state index contributed by atoms with van der Waals surface area (Å²) in [4.78, 5) is 30.7. The number of carbonyl (C=O) groups excluding carboxylic acids is 1. The van der Waals surface area contributed by atoms with E-state index < -0.39 is 17.3 Å². The van der Waals surface area contributed by atoms with Crippen LogP contribution < -0.4 is 10.9 Å². The summed E-state index contributed by atoms with van der Waals surface area (Å²) in [7, 11) is 0. The van der Waals surface area contributed by atoms with Crippen molar-refractivity contribution >= 4 is 35.1 Å². The first kappa shape index (κ1) is 23.4. The first-order valence-corrected chi connectivity index (χ1v) is 12.1. The minimum absolute atomic E-state index is 0.0509. The van der Waals surface area contributed by atoms with Crippen LogP contribution in [0.3, 0.4) is 0 Å². The Hall–Kier alpha value is -2.72. The fourth-order valence-corrected chi connectivity index (χ4v) is 5.36. The van der Waals surface area contributed by atoms with Crippen LogP contribution in [0.2, 0.25) is 0 Å². The van der Waals surface area contributed by atoms with Gasteiger partial charge >= 0.3 is 6.18 Å². The molecule has 2 heterocycles. The van der Waals surface area contributed by atoms with Crippen molar-refractivity contribution in [2.75, 3.05) is 16.8 Å². The smallest absolute Gasteiger partial charge is 0.325 e. The van der Waals surface area contributed by atoms with Gasteiger partial charge in [0.25, 0.3) is 5.56 Å². The van der Waals surface area contributed by atoms with E-state index in [-0.39, 0.29) is 22.5 Å². The maximum Gasteiger partial charge on any atom is 0.416 e. The van der Waals surface area contributed by atoms with E-state index in [0.29, 0.717) is 28.5 Å². The zero-order chi connectivity index (χ0) is 23.8. The SMILES string of the molecule is Cc1ccc(NC(=O)CSc2nc3c(c(=O)n2-c2cccc(C(F)(F)F)c2)SCC3)c(C)c1. The maximum absolute atomic E-state index is 13.3. The second kappa shape index (κ2) is 9.26. The van der Waals surface area contributed by atoms with Crippen molar-refractivity contribution in [1.82, 2.24) is 9.55 Å². The van der Waals surface area contributed by atoms with Gasteiger partial charge in [-0.15, -0.1) is 11.8 Å². The first-order chi connectivity index (χ1) is 15.6. The van der Waals surface area contributed by atoms with Gasteiger partial charge in [0, 0.05) is 17.9 Å². The van der Waals surface area contributed by atoms with Crippen LogP contribution in [0.15, 0.2) is 57.3 Å². The molecule has 1 aliphatic rings. The quantitative estimate of drug-likeness (QED) is 0.390. The largest absolute Gasteiger partial charge is 0.416 e. The Bertz CT molecular complexity index is 1290. The molecule has 5 nitrogen and oxygen atoms in total. The highest BCUT2D eigenvalue weighted by molar-refractivity contribution is 8.00. The van der Waals surface area contributed by atoms with Gasteiger partial charge in [-0.05, 0) is 43.7 Å². The zero-order valence-electron chi connectivity index (χ0n) is 17.8. The van der Waals surface area contributed by atoms with Gasteiger partial charge in [0.1, 0.15) is 0 Å². The molecule has 1 aliphatic heterocycles. The monoisotopic (exact) mass is 491 g/mol. The molecule has 1 N–H and O–H groups in total. The molecule has 0 atom stereocenters. The van der Waals surface area contributed by atoms with Crippen LogP contribution in [0.5, 0.6) is 0 Å². The highest BCUT2D eigenvalue weighted by Crippen LogP contribution is 2.33. The van der Waals surface area contributed by atoms with E-state index in [9.17, 15) is 22.8 Å². The molecule has 0 saturated carbocycles. The molecule has 0 fully saturated rings. The van der Waals surface area contributed by atoms with Crippen molar-refractivity contribution in [2.24, 2.45) is 0 Å². The molecule has 1 aromatic heterocycles. The summed E-state index contributed by atoms with van der Waals surface area (Å²) in [5.74, 6) is 0.332. The number of anilines is 1. The number of benzene rings is 2. The molecule has 10 heteroatoms. The number of alkyl halides is 3. The van der Waals surface area contributed by atoms with E-state index in [1.165, 1.54) is 28.5 Å². The highest BCUT2D eigenvalue weighted by atomic mass is 32.2. The average molecular weight is 492 g/mol. The topological polar surface area (TPSA) is 64.0 Å². The molecule has 1 amide bonds. The van der Waals surface area contributed by atoms with Crippen molar-refractivity contribution in [2.45, 2.75) is 36.5 Å². The molecule has 4 rings (SSSR count). The van der Waals surface area contributed by atoms with Gasteiger partial charge in [-0.25, -0.2) is 4.98 Å². The molecule has 0 unspecified atom stereocenters. The standard InChI is InChI=1S/C23H20F3N3O2S2/c1-13-6-7-17(14(2)10-13)27-19(30)12-33-22-28-18-8-9-32-20(18)21(31)29(22)16-5-3-4-15(11-16)23(24,25)26/h3-7,10-11H,8-9,12H2,1-2H3,(H,27,30). The number of nitrogens with one attached hydrogen (secondary N) is 1. The Kier molecular flexibility index (Phi) is 6.58. The second-order valence-electron chi connectivity index (χ2n) is 7.61. The molecule has 0 saturated heterocycles. The van der Waals surface area contributed by atoms with Gasteiger partial charge in [0.2, 0.25) is 5.91 Å². The molecule has 0 bridgehead atoms. The van der Waals surface area contributed by atoms with E-state index in [0.717, 1.165) is 35.0 Å². The van der Waals surface area contributed by atoms with E-state index in [1.807, 2.05) is 32.0 Å². The number of fused-ring (bicyclic) bond motifs is 1. The molecule has 0 radical (unpaired) electrons. The number of aryl methyl sites for hydroxylation is 3. The van der Waals surface area contributed by atoms with E-state index in [1.54, 1.807) is 0 Å². The molecular weight excluding hydrogens is 471 g/mol. The van der Waals surface area contributed by atoms with Crippen LogP contribution in [0.25, 0.3) is 5.69 Å². The van der Waals surface area contributed by atoms with Crippen LogP contribution in [-0.2, 0) is 17.4 Å². The third kappa shape index (κ3) is 5.11. The molecule has 0 aliphatic carbocycles. The molecular formula is C23H20F3N3O2S2. The maximum atomic E-state index is 13.3. The number of thioether (sulfide) groups is 2.